The highest BCUT2D eigenvalue weighted by Crippen LogP contribution is 2.27. The Morgan fingerprint density at radius 3 is 2.93 bits per heavy atom. The van der Waals surface area contributed by atoms with E-state index in [4.69, 9.17) is 0 Å². The molecule has 1 N–H and O–H groups in total. The van der Waals surface area contributed by atoms with E-state index in [0.29, 0.717) is 18.3 Å². The fraction of sp³-hybridized carbons (Fsp3) is 0.636. The van der Waals surface area contributed by atoms with Gasteiger partial charge >= 0.3 is 0 Å². The van der Waals surface area contributed by atoms with Gasteiger partial charge in [-0.3, -0.25) is 14.4 Å². The molecule has 7 heteroatoms. The minimum Gasteiger partial charge on any atom is -0.349 e. The third-order valence-corrected chi connectivity index (χ3v) is 7.28. The Labute approximate surface area is 177 Å². The van der Waals surface area contributed by atoms with Gasteiger partial charge in [0.15, 0.2) is 5.69 Å². The van der Waals surface area contributed by atoms with Gasteiger partial charge in [-0.15, -0.1) is 11.3 Å². The van der Waals surface area contributed by atoms with Crippen molar-refractivity contribution in [2.75, 3.05) is 33.2 Å². The van der Waals surface area contributed by atoms with Gasteiger partial charge in [0.25, 0.3) is 5.91 Å². The molecule has 1 atom stereocenters. The molecule has 0 aromatic carbocycles. The van der Waals surface area contributed by atoms with E-state index in [1.54, 1.807) is 0 Å². The van der Waals surface area contributed by atoms with Gasteiger partial charge in [-0.05, 0) is 63.7 Å². The summed E-state index contributed by atoms with van der Waals surface area (Å²) in [6.07, 6.45) is 6.90. The number of carbonyl (C=O) groups is 1. The molecule has 3 heterocycles. The number of nitrogens with one attached hydrogen (secondary N) is 1. The van der Waals surface area contributed by atoms with Crippen LogP contribution in [0.5, 0.6) is 0 Å². The molecule has 2 aromatic heterocycles. The quantitative estimate of drug-likeness (QED) is 0.755. The number of carbonyl (C=O) groups excluding carboxylic acids is 1. The maximum atomic E-state index is 12.9. The highest BCUT2D eigenvalue weighted by molar-refractivity contribution is 7.09. The molecule has 0 bridgehead atoms. The van der Waals surface area contributed by atoms with Crippen LogP contribution in [-0.2, 0) is 26.4 Å². The molecule has 1 fully saturated rings. The predicted octanol–water partition coefficient (Wildman–Crippen LogP) is 2.69. The Kier molecular flexibility index (Phi) is 6.67. The number of amides is 1. The minimum absolute atomic E-state index is 0.0135. The molecule has 1 aliphatic carbocycles. The van der Waals surface area contributed by atoms with Gasteiger partial charge in [0, 0.05) is 48.9 Å². The molecule has 1 saturated heterocycles. The average molecular weight is 416 g/mol. The molecule has 4 rings (SSSR count). The van der Waals surface area contributed by atoms with Crippen molar-refractivity contribution in [1.29, 1.82) is 0 Å². The van der Waals surface area contributed by atoms with Crippen molar-refractivity contribution in [2.45, 2.75) is 51.1 Å². The number of hydrogen-bond donors (Lipinski definition) is 1. The zero-order valence-electron chi connectivity index (χ0n) is 17.7. The average Bonchev–Trinajstić information content (AvgIpc) is 3.36. The number of nitrogens with zero attached hydrogens (tertiary/aromatic N) is 4. The van der Waals surface area contributed by atoms with Crippen molar-refractivity contribution in [1.82, 2.24) is 24.9 Å². The summed E-state index contributed by atoms with van der Waals surface area (Å²) in [5, 5.41) is 9.86. The van der Waals surface area contributed by atoms with Crippen LogP contribution in [0.25, 0.3) is 0 Å². The fourth-order valence-corrected chi connectivity index (χ4v) is 5.47. The highest BCUT2D eigenvalue weighted by Gasteiger charge is 2.30. The standard InChI is InChI=1S/C22H33N5OS/c1-25(16-18-7-6-14-29-18)17-8-9-20-19(15-17)21(24-26(20)2)22(28)23-10-13-27-11-4-3-5-12-27/h6-7,14,17H,3-5,8-13,15-16H2,1-2H3,(H,23,28). The van der Waals surface area contributed by atoms with Gasteiger partial charge in [-0.25, -0.2) is 0 Å². The number of piperidine rings is 1. The van der Waals surface area contributed by atoms with Gasteiger partial charge in [0.1, 0.15) is 0 Å². The van der Waals surface area contributed by atoms with E-state index in [-0.39, 0.29) is 5.91 Å². The van der Waals surface area contributed by atoms with Crippen LogP contribution in [0.1, 0.15) is 52.3 Å². The molecule has 1 unspecified atom stereocenters. The van der Waals surface area contributed by atoms with Crippen molar-refractivity contribution in [3.05, 3.63) is 39.3 Å². The second kappa shape index (κ2) is 9.41. The van der Waals surface area contributed by atoms with E-state index < -0.39 is 0 Å². The van der Waals surface area contributed by atoms with Crippen molar-refractivity contribution >= 4 is 17.2 Å². The maximum Gasteiger partial charge on any atom is 0.272 e. The first-order valence-corrected chi connectivity index (χ1v) is 11.8. The van der Waals surface area contributed by atoms with Gasteiger partial charge in [-0.1, -0.05) is 12.5 Å². The van der Waals surface area contributed by atoms with Crippen LogP contribution in [0.2, 0.25) is 0 Å². The summed E-state index contributed by atoms with van der Waals surface area (Å²) in [4.78, 5) is 19.2. The number of hydrogen-bond acceptors (Lipinski definition) is 5. The highest BCUT2D eigenvalue weighted by atomic mass is 32.1. The summed E-state index contributed by atoms with van der Waals surface area (Å²) in [6.45, 7) is 4.92. The van der Waals surface area contributed by atoms with E-state index in [9.17, 15) is 4.79 Å². The van der Waals surface area contributed by atoms with Crippen molar-refractivity contribution in [3.8, 4) is 0 Å². The molecule has 6 nitrogen and oxygen atoms in total. The van der Waals surface area contributed by atoms with Crippen LogP contribution in [0.15, 0.2) is 17.5 Å². The third-order valence-electron chi connectivity index (χ3n) is 6.41. The summed E-state index contributed by atoms with van der Waals surface area (Å²) in [7, 11) is 4.17. The molecule has 0 spiro atoms. The molecule has 0 radical (unpaired) electrons. The number of rotatable bonds is 7. The summed E-state index contributed by atoms with van der Waals surface area (Å²) >= 11 is 1.81. The van der Waals surface area contributed by atoms with Gasteiger partial charge in [0.05, 0.1) is 0 Å². The Morgan fingerprint density at radius 1 is 1.34 bits per heavy atom. The molecule has 158 valence electrons. The number of likely N-dealkylation sites (tertiary alicyclic amines) is 1. The van der Waals surface area contributed by atoms with Gasteiger partial charge in [0.2, 0.25) is 0 Å². The SMILES string of the molecule is CN(Cc1cccs1)C1CCc2c(c(C(=O)NCCN3CCCCC3)nn2C)C1. The molecule has 0 saturated carbocycles. The summed E-state index contributed by atoms with van der Waals surface area (Å²) in [5.41, 5.74) is 3.01. The fourth-order valence-electron chi connectivity index (χ4n) is 4.70. The van der Waals surface area contributed by atoms with Crippen LogP contribution in [-0.4, -0.2) is 64.8 Å². The van der Waals surface area contributed by atoms with E-state index >= 15 is 0 Å². The molecule has 2 aromatic rings. The number of fused-ring (bicyclic) bond motifs is 1. The molecule has 29 heavy (non-hydrogen) atoms. The number of likely N-dealkylation sites (N-methyl/N-ethyl adjacent to an activating group) is 1. The summed E-state index contributed by atoms with van der Waals surface area (Å²) in [5.74, 6) is -0.0135. The van der Waals surface area contributed by atoms with E-state index in [1.165, 1.54) is 29.8 Å². The number of aromatic nitrogens is 2. The van der Waals surface area contributed by atoms with Gasteiger partial charge in [-0.2, -0.15) is 5.10 Å². The Morgan fingerprint density at radius 2 is 2.17 bits per heavy atom. The second-order valence-electron chi connectivity index (χ2n) is 8.45. The lowest BCUT2D eigenvalue weighted by atomic mass is 9.90. The zero-order valence-corrected chi connectivity index (χ0v) is 18.5. The maximum absolute atomic E-state index is 12.9. The number of thiophene rings is 1. The van der Waals surface area contributed by atoms with Crippen LogP contribution in [0.4, 0.5) is 0 Å². The lowest BCUT2D eigenvalue weighted by molar-refractivity contribution is 0.0939. The van der Waals surface area contributed by atoms with Gasteiger partial charge < -0.3 is 10.2 Å². The van der Waals surface area contributed by atoms with Crippen molar-refractivity contribution in [2.24, 2.45) is 7.05 Å². The van der Waals surface area contributed by atoms with E-state index in [0.717, 1.165) is 51.0 Å². The smallest absolute Gasteiger partial charge is 0.272 e. The Balaban J connectivity index is 1.37. The van der Waals surface area contributed by atoms with E-state index in [2.05, 4.69) is 44.8 Å². The largest absolute Gasteiger partial charge is 0.349 e. The molecule has 1 aliphatic heterocycles. The Bertz CT molecular complexity index is 810. The van der Waals surface area contributed by atoms with Crippen LogP contribution in [0.3, 0.4) is 0 Å². The summed E-state index contributed by atoms with van der Waals surface area (Å²) in [6, 6.07) is 4.76. The zero-order chi connectivity index (χ0) is 20.2. The summed E-state index contributed by atoms with van der Waals surface area (Å²) < 4.78 is 1.92. The van der Waals surface area contributed by atoms with Crippen LogP contribution in [0, 0.1) is 0 Å². The van der Waals surface area contributed by atoms with Crippen molar-refractivity contribution < 1.29 is 4.79 Å². The first kappa shape index (κ1) is 20.6. The molecular formula is C22H33N5OS. The monoisotopic (exact) mass is 415 g/mol. The Hall–Kier alpha value is -1.70. The second-order valence-corrected chi connectivity index (χ2v) is 9.48. The lowest BCUT2D eigenvalue weighted by Crippen LogP contribution is -2.39. The predicted molar refractivity (Wildman–Crippen MR) is 117 cm³/mol. The lowest BCUT2D eigenvalue weighted by Gasteiger charge is -2.31. The first-order chi connectivity index (χ1) is 14.1. The third kappa shape index (κ3) is 4.90. The first-order valence-electron chi connectivity index (χ1n) is 10.9. The van der Waals surface area contributed by atoms with Crippen molar-refractivity contribution in [3.63, 3.8) is 0 Å². The van der Waals surface area contributed by atoms with Crippen LogP contribution < -0.4 is 5.32 Å². The molecular weight excluding hydrogens is 382 g/mol. The van der Waals surface area contributed by atoms with Crippen LogP contribution >= 0.6 is 11.3 Å². The number of aryl methyl sites for hydroxylation is 1. The molecule has 1 amide bonds. The normalized spacial score (nSPS) is 20.0. The topological polar surface area (TPSA) is 53.4 Å². The molecule has 2 aliphatic rings. The minimum atomic E-state index is -0.0135. The van der Waals surface area contributed by atoms with E-state index in [1.807, 2.05) is 23.1 Å².